The highest BCUT2D eigenvalue weighted by Gasteiger charge is 2.19. The van der Waals surface area contributed by atoms with E-state index in [0.717, 1.165) is 13.1 Å². The number of halogens is 1. The molecule has 0 amide bonds. The minimum absolute atomic E-state index is 0.433. The summed E-state index contributed by atoms with van der Waals surface area (Å²) in [5.74, 6) is 0.701. The van der Waals surface area contributed by atoms with Crippen LogP contribution >= 0.6 is 11.6 Å². The Kier molecular flexibility index (Phi) is 3.96. The second-order valence-corrected chi connectivity index (χ2v) is 4.51. The Hall–Kier alpha value is -0.870. The first-order valence-corrected chi connectivity index (χ1v) is 6.13. The van der Waals surface area contributed by atoms with Crippen LogP contribution < -0.4 is 5.32 Å². The van der Waals surface area contributed by atoms with Crippen molar-refractivity contribution in [3.05, 3.63) is 17.3 Å². The number of aromatic nitrogens is 2. The van der Waals surface area contributed by atoms with Crippen molar-refractivity contribution in [1.29, 1.82) is 0 Å². The molecular weight excluding hydrogens is 224 g/mol. The van der Waals surface area contributed by atoms with Crippen molar-refractivity contribution in [3.8, 4) is 0 Å². The van der Waals surface area contributed by atoms with Crippen molar-refractivity contribution >= 4 is 17.4 Å². The van der Waals surface area contributed by atoms with Gasteiger partial charge in [-0.1, -0.05) is 18.5 Å². The van der Waals surface area contributed by atoms with Gasteiger partial charge in [-0.25, -0.2) is 0 Å². The molecule has 5 heteroatoms. The van der Waals surface area contributed by atoms with Gasteiger partial charge >= 0.3 is 0 Å². The standard InChI is InChI=1S/C11H17ClN4/c1-2-16-7-3-4-9(8-16)14-11-10(12)5-6-13-15-11/h5-6,9H,2-4,7-8H2,1H3,(H,14,15)/t9-/m1/s1. The Morgan fingerprint density at radius 2 is 2.50 bits per heavy atom. The molecule has 4 nitrogen and oxygen atoms in total. The lowest BCUT2D eigenvalue weighted by Gasteiger charge is -2.32. The predicted molar refractivity (Wildman–Crippen MR) is 65.8 cm³/mol. The van der Waals surface area contributed by atoms with E-state index in [1.807, 2.05) is 0 Å². The van der Waals surface area contributed by atoms with E-state index in [1.165, 1.54) is 19.4 Å². The van der Waals surface area contributed by atoms with E-state index in [9.17, 15) is 0 Å². The number of likely N-dealkylation sites (N-methyl/N-ethyl adjacent to an activating group) is 1. The lowest BCUT2D eigenvalue weighted by molar-refractivity contribution is 0.226. The zero-order valence-corrected chi connectivity index (χ0v) is 10.2. The molecule has 1 aromatic rings. The van der Waals surface area contributed by atoms with Crippen molar-refractivity contribution in [2.75, 3.05) is 25.0 Å². The monoisotopic (exact) mass is 240 g/mol. The van der Waals surface area contributed by atoms with Gasteiger partial charge < -0.3 is 10.2 Å². The summed E-state index contributed by atoms with van der Waals surface area (Å²) in [5, 5.41) is 11.9. The lowest BCUT2D eigenvalue weighted by Crippen LogP contribution is -2.42. The van der Waals surface area contributed by atoms with Gasteiger partial charge in [0.25, 0.3) is 0 Å². The van der Waals surface area contributed by atoms with Crippen molar-refractivity contribution in [3.63, 3.8) is 0 Å². The van der Waals surface area contributed by atoms with Crippen LogP contribution in [0.15, 0.2) is 12.3 Å². The largest absolute Gasteiger partial charge is 0.363 e. The van der Waals surface area contributed by atoms with Gasteiger partial charge in [0, 0.05) is 12.6 Å². The highest BCUT2D eigenvalue weighted by Crippen LogP contribution is 2.20. The van der Waals surface area contributed by atoms with E-state index in [1.54, 1.807) is 12.3 Å². The van der Waals surface area contributed by atoms with E-state index in [2.05, 4.69) is 27.3 Å². The topological polar surface area (TPSA) is 41.0 Å². The Morgan fingerprint density at radius 3 is 3.25 bits per heavy atom. The number of piperidine rings is 1. The highest BCUT2D eigenvalue weighted by molar-refractivity contribution is 6.32. The number of hydrogen-bond acceptors (Lipinski definition) is 4. The Bertz CT molecular complexity index is 345. The molecule has 1 aliphatic heterocycles. The molecule has 0 radical (unpaired) electrons. The van der Waals surface area contributed by atoms with E-state index >= 15 is 0 Å². The molecule has 1 aromatic heterocycles. The summed E-state index contributed by atoms with van der Waals surface area (Å²) in [6, 6.07) is 2.19. The van der Waals surface area contributed by atoms with Crippen LogP contribution in [0.1, 0.15) is 19.8 Å². The molecule has 16 heavy (non-hydrogen) atoms. The smallest absolute Gasteiger partial charge is 0.167 e. The zero-order valence-electron chi connectivity index (χ0n) is 9.49. The van der Waals surface area contributed by atoms with Crippen LogP contribution in [0.4, 0.5) is 5.82 Å². The maximum atomic E-state index is 6.04. The lowest BCUT2D eigenvalue weighted by atomic mass is 10.1. The maximum Gasteiger partial charge on any atom is 0.167 e. The molecule has 1 atom stereocenters. The van der Waals surface area contributed by atoms with Gasteiger partial charge in [-0.2, -0.15) is 5.10 Å². The van der Waals surface area contributed by atoms with Crippen LogP contribution in [0.2, 0.25) is 5.02 Å². The van der Waals surface area contributed by atoms with Gasteiger partial charge in [0.15, 0.2) is 5.82 Å². The summed E-state index contributed by atoms with van der Waals surface area (Å²) in [4.78, 5) is 2.44. The fourth-order valence-corrected chi connectivity index (χ4v) is 2.22. The van der Waals surface area contributed by atoms with Crippen molar-refractivity contribution in [2.45, 2.75) is 25.8 Å². The van der Waals surface area contributed by atoms with Crippen LogP contribution in [-0.4, -0.2) is 40.8 Å². The van der Waals surface area contributed by atoms with Crippen molar-refractivity contribution in [2.24, 2.45) is 0 Å². The summed E-state index contributed by atoms with van der Waals surface area (Å²) in [6.45, 7) is 5.55. The first kappa shape index (κ1) is 11.6. The molecule has 2 rings (SSSR count). The number of hydrogen-bond donors (Lipinski definition) is 1. The maximum absolute atomic E-state index is 6.04. The Balaban J connectivity index is 1.97. The quantitative estimate of drug-likeness (QED) is 0.878. The third-order valence-corrected chi connectivity index (χ3v) is 3.27. The molecule has 0 saturated carbocycles. The minimum Gasteiger partial charge on any atom is -0.363 e. The third-order valence-electron chi connectivity index (χ3n) is 2.97. The Labute approximate surface area is 101 Å². The van der Waals surface area contributed by atoms with Crippen LogP contribution in [0, 0.1) is 0 Å². The van der Waals surface area contributed by atoms with Crippen molar-refractivity contribution in [1.82, 2.24) is 15.1 Å². The second-order valence-electron chi connectivity index (χ2n) is 4.10. The number of nitrogens with one attached hydrogen (secondary N) is 1. The summed E-state index contributed by atoms with van der Waals surface area (Å²) in [7, 11) is 0. The zero-order chi connectivity index (χ0) is 11.4. The molecular formula is C11H17ClN4. The molecule has 1 aliphatic rings. The van der Waals surface area contributed by atoms with Crippen LogP contribution in [0.3, 0.4) is 0 Å². The van der Waals surface area contributed by atoms with Gasteiger partial charge in [-0.15, -0.1) is 5.10 Å². The first-order valence-electron chi connectivity index (χ1n) is 5.75. The fourth-order valence-electron chi connectivity index (χ4n) is 2.07. The average Bonchev–Trinajstić information content (AvgIpc) is 2.32. The van der Waals surface area contributed by atoms with Gasteiger partial charge in [0.1, 0.15) is 0 Å². The Morgan fingerprint density at radius 1 is 1.62 bits per heavy atom. The van der Waals surface area contributed by atoms with E-state index in [-0.39, 0.29) is 0 Å². The molecule has 0 aromatic carbocycles. The summed E-state index contributed by atoms with van der Waals surface area (Å²) < 4.78 is 0. The van der Waals surface area contributed by atoms with Gasteiger partial charge in [-0.05, 0) is 32.0 Å². The molecule has 88 valence electrons. The number of nitrogens with zero attached hydrogens (tertiary/aromatic N) is 3. The van der Waals surface area contributed by atoms with Crippen LogP contribution in [-0.2, 0) is 0 Å². The van der Waals surface area contributed by atoms with Crippen LogP contribution in [0.25, 0.3) is 0 Å². The highest BCUT2D eigenvalue weighted by atomic mass is 35.5. The molecule has 1 saturated heterocycles. The normalized spacial score (nSPS) is 22.0. The van der Waals surface area contributed by atoms with E-state index < -0.39 is 0 Å². The predicted octanol–water partition coefficient (Wildman–Crippen LogP) is 2.03. The van der Waals surface area contributed by atoms with Crippen molar-refractivity contribution < 1.29 is 0 Å². The number of rotatable bonds is 3. The SMILES string of the molecule is CCN1CCC[C@@H](Nc2nnccc2Cl)C1. The average molecular weight is 241 g/mol. The second kappa shape index (κ2) is 5.46. The minimum atomic E-state index is 0.433. The molecule has 1 N–H and O–H groups in total. The molecule has 0 bridgehead atoms. The molecule has 0 aliphatic carbocycles. The van der Waals surface area contributed by atoms with E-state index in [4.69, 9.17) is 11.6 Å². The number of anilines is 1. The van der Waals surface area contributed by atoms with E-state index in [0.29, 0.717) is 16.9 Å². The molecule has 2 heterocycles. The fraction of sp³-hybridized carbons (Fsp3) is 0.636. The molecule has 0 unspecified atom stereocenters. The van der Waals surface area contributed by atoms with Gasteiger partial charge in [0.2, 0.25) is 0 Å². The van der Waals surface area contributed by atoms with Gasteiger partial charge in [0.05, 0.1) is 11.2 Å². The molecule has 0 spiro atoms. The summed E-state index contributed by atoms with van der Waals surface area (Å²) in [5.41, 5.74) is 0. The number of likely N-dealkylation sites (tertiary alicyclic amines) is 1. The third kappa shape index (κ3) is 2.83. The van der Waals surface area contributed by atoms with Gasteiger partial charge in [-0.3, -0.25) is 0 Å². The summed E-state index contributed by atoms with van der Waals surface area (Å²) >= 11 is 6.04. The first-order chi connectivity index (χ1) is 7.79. The van der Waals surface area contributed by atoms with Crippen LogP contribution in [0.5, 0.6) is 0 Å². The summed E-state index contributed by atoms with van der Waals surface area (Å²) in [6.07, 6.45) is 4.00. The molecule has 1 fully saturated rings.